The van der Waals surface area contributed by atoms with E-state index in [9.17, 15) is 5.11 Å². The topological polar surface area (TPSA) is 53.5 Å². The highest BCUT2D eigenvalue weighted by atomic mass is 16.5. The molecule has 0 bridgehead atoms. The van der Waals surface area contributed by atoms with Gasteiger partial charge in [-0.3, -0.25) is 0 Å². The maximum Gasteiger partial charge on any atom is 0.142 e. The molecule has 0 radical (unpaired) electrons. The van der Waals surface area contributed by atoms with Gasteiger partial charge in [-0.15, -0.1) is 0 Å². The molecule has 1 aromatic carbocycles. The summed E-state index contributed by atoms with van der Waals surface area (Å²) in [7, 11) is 0. The van der Waals surface area contributed by atoms with Crippen LogP contribution in [0, 0.1) is 0 Å². The molecule has 0 amide bonds. The van der Waals surface area contributed by atoms with Gasteiger partial charge in [-0.2, -0.15) is 0 Å². The highest BCUT2D eigenvalue weighted by molar-refractivity contribution is 5.65. The molecule has 1 atom stereocenters. The number of hydrogen-bond acceptors (Lipinski definition) is 4. The minimum Gasteiger partial charge on any atom is -0.489 e. The number of nitrogens with one attached hydrogen (secondary N) is 2. The number of benzene rings is 1. The van der Waals surface area contributed by atoms with Gasteiger partial charge in [0.1, 0.15) is 18.5 Å². The molecule has 4 nitrogen and oxygen atoms in total. The van der Waals surface area contributed by atoms with Gasteiger partial charge in [0.05, 0.1) is 5.69 Å². The predicted molar refractivity (Wildman–Crippen MR) is 73.3 cm³/mol. The van der Waals surface area contributed by atoms with Crippen LogP contribution in [0.15, 0.2) is 18.2 Å². The minimum atomic E-state index is -0.482. The molecule has 0 spiro atoms. The summed E-state index contributed by atoms with van der Waals surface area (Å²) >= 11 is 0. The predicted octanol–water partition coefficient (Wildman–Crippen LogP) is 1.39. The molecule has 0 aliphatic carbocycles. The number of fused-ring (bicyclic) bond motifs is 1. The molecule has 4 heteroatoms. The van der Waals surface area contributed by atoms with Crippen molar-refractivity contribution >= 4 is 5.69 Å². The summed E-state index contributed by atoms with van der Waals surface area (Å²) < 4.78 is 5.69. The van der Waals surface area contributed by atoms with E-state index in [1.165, 1.54) is 5.56 Å². The molecule has 0 saturated carbocycles. The molecule has 1 aromatic rings. The summed E-state index contributed by atoms with van der Waals surface area (Å²) in [6, 6.07) is 6.43. The van der Waals surface area contributed by atoms with Gasteiger partial charge in [0, 0.05) is 19.1 Å². The van der Waals surface area contributed by atoms with Crippen LogP contribution >= 0.6 is 0 Å². The van der Waals surface area contributed by atoms with Gasteiger partial charge in [0.25, 0.3) is 0 Å². The summed E-state index contributed by atoms with van der Waals surface area (Å²) in [6.45, 7) is 5.95. The Kier molecular flexibility index (Phi) is 4.44. The number of hydrogen-bond donors (Lipinski definition) is 3. The first kappa shape index (κ1) is 13.2. The molecular weight excluding hydrogens is 228 g/mol. The standard InChI is InChI=1S/C14H22N2O2/c1-10(2)16-8-12(17)9-18-13-5-3-4-11-6-7-15-14(11)13/h3-5,10,12,15-17H,6-9H2,1-2H3/t12-/m0/s1. The number of rotatable bonds is 6. The molecule has 1 aliphatic rings. The van der Waals surface area contributed by atoms with Crippen LogP contribution in [0.25, 0.3) is 0 Å². The van der Waals surface area contributed by atoms with Crippen LogP contribution in [-0.2, 0) is 6.42 Å². The number of para-hydroxylation sites is 1. The third-order valence-corrected chi connectivity index (χ3v) is 3.00. The van der Waals surface area contributed by atoms with Crippen molar-refractivity contribution in [2.24, 2.45) is 0 Å². The molecule has 3 N–H and O–H groups in total. The number of ether oxygens (including phenoxy) is 1. The van der Waals surface area contributed by atoms with Crippen molar-refractivity contribution in [1.29, 1.82) is 0 Å². The second-order valence-electron chi connectivity index (χ2n) is 4.99. The van der Waals surface area contributed by atoms with Crippen LogP contribution in [0.2, 0.25) is 0 Å². The van der Waals surface area contributed by atoms with E-state index in [2.05, 4.69) is 30.5 Å². The van der Waals surface area contributed by atoms with Gasteiger partial charge < -0.3 is 20.5 Å². The Morgan fingerprint density at radius 3 is 3.06 bits per heavy atom. The lowest BCUT2D eigenvalue weighted by molar-refractivity contribution is 0.105. The van der Waals surface area contributed by atoms with Gasteiger partial charge in [-0.25, -0.2) is 0 Å². The van der Waals surface area contributed by atoms with Crippen molar-refractivity contribution in [3.63, 3.8) is 0 Å². The third kappa shape index (κ3) is 3.37. The summed E-state index contributed by atoms with van der Waals surface area (Å²) in [5.41, 5.74) is 2.38. The zero-order valence-electron chi connectivity index (χ0n) is 11.1. The Labute approximate surface area is 108 Å². The van der Waals surface area contributed by atoms with Crippen molar-refractivity contribution < 1.29 is 9.84 Å². The normalized spacial score (nSPS) is 15.3. The molecule has 0 unspecified atom stereocenters. The lowest BCUT2D eigenvalue weighted by Crippen LogP contribution is -2.35. The maximum atomic E-state index is 9.80. The number of aliphatic hydroxyl groups excluding tert-OH is 1. The largest absolute Gasteiger partial charge is 0.489 e. The Morgan fingerprint density at radius 1 is 1.44 bits per heavy atom. The Balaban J connectivity index is 1.85. The van der Waals surface area contributed by atoms with E-state index in [0.29, 0.717) is 19.2 Å². The van der Waals surface area contributed by atoms with Gasteiger partial charge in [0.2, 0.25) is 0 Å². The van der Waals surface area contributed by atoms with Gasteiger partial charge in [-0.05, 0) is 18.1 Å². The lowest BCUT2D eigenvalue weighted by Gasteiger charge is -2.16. The summed E-state index contributed by atoms with van der Waals surface area (Å²) in [6.07, 6.45) is 0.564. The smallest absolute Gasteiger partial charge is 0.142 e. The average Bonchev–Trinajstić information content (AvgIpc) is 2.82. The van der Waals surface area contributed by atoms with Crippen molar-refractivity contribution in [2.75, 3.05) is 25.0 Å². The van der Waals surface area contributed by atoms with Crippen LogP contribution in [0.4, 0.5) is 5.69 Å². The van der Waals surface area contributed by atoms with Crippen molar-refractivity contribution in [1.82, 2.24) is 5.32 Å². The zero-order valence-corrected chi connectivity index (χ0v) is 11.1. The van der Waals surface area contributed by atoms with E-state index in [4.69, 9.17) is 4.74 Å². The minimum absolute atomic E-state index is 0.317. The van der Waals surface area contributed by atoms with E-state index >= 15 is 0 Å². The maximum absolute atomic E-state index is 9.80. The van der Waals surface area contributed by atoms with E-state index in [0.717, 1.165) is 24.4 Å². The number of anilines is 1. The Bertz CT molecular complexity index is 393. The fourth-order valence-corrected chi connectivity index (χ4v) is 2.04. The van der Waals surface area contributed by atoms with E-state index in [-0.39, 0.29) is 0 Å². The summed E-state index contributed by atoms with van der Waals surface area (Å²) in [4.78, 5) is 0. The molecule has 100 valence electrons. The number of aliphatic hydroxyl groups is 1. The van der Waals surface area contributed by atoms with E-state index in [1.54, 1.807) is 0 Å². The van der Waals surface area contributed by atoms with Crippen molar-refractivity contribution in [3.8, 4) is 5.75 Å². The van der Waals surface area contributed by atoms with Gasteiger partial charge >= 0.3 is 0 Å². The summed E-state index contributed by atoms with van der Waals surface area (Å²) in [5, 5.41) is 16.3. The second kappa shape index (κ2) is 6.07. The fourth-order valence-electron chi connectivity index (χ4n) is 2.04. The van der Waals surface area contributed by atoms with Crippen LogP contribution < -0.4 is 15.4 Å². The first-order valence-corrected chi connectivity index (χ1v) is 6.57. The first-order chi connectivity index (χ1) is 8.66. The second-order valence-corrected chi connectivity index (χ2v) is 4.99. The van der Waals surface area contributed by atoms with Gasteiger partial charge in [0.15, 0.2) is 0 Å². The monoisotopic (exact) mass is 250 g/mol. The van der Waals surface area contributed by atoms with Gasteiger partial charge in [-0.1, -0.05) is 26.0 Å². The van der Waals surface area contributed by atoms with Crippen LogP contribution in [-0.4, -0.2) is 36.9 Å². The SMILES string of the molecule is CC(C)NC[C@H](O)COc1cccc2c1NCC2. The highest BCUT2D eigenvalue weighted by Gasteiger charge is 2.15. The van der Waals surface area contributed by atoms with Crippen LogP contribution in [0.1, 0.15) is 19.4 Å². The Morgan fingerprint density at radius 2 is 2.28 bits per heavy atom. The molecule has 1 heterocycles. The molecule has 1 aliphatic heterocycles. The summed E-state index contributed by atoms with van der Waals surface area (Å²) in [5.74, 6) is 0.841. The molecule has 18 heavy (non-hydrogen) atoms. The molecule has 0 aromatic heterocycles. The molecular formula is C14H22N2O2. The Hall–Kier alpha value is -1.26. The van der Waals surface area contributed by atoms with Crippen molar-refractivity contribution in [3.05, 3.63) is 23.8 Å². The van der Waals surface area contributed by atoms with Crippen molar-refractivity contribution in [2.45, 2.75) is 32.4 Å². The molecule has 0 saturated heterocycles. The first-order valence-electron chi connectivity index (χ1n) is 6.57. The lowest BCUT2D eigenvalue weighted by atomic mass is 10.1. The fraction of sp³-hybridized carbons (Fsp3) is 0.571. The highest BCUT2D eigenvalue weighted by Crippen LogP contribution is 2.32. The zero-order chi connectivity index (χ0) is 13.0. The van der Waals surface area contributed by atoms with E-state index in [1.807, 2.05) is 12.1 Å². The quantitative estimate of drug-likeness (QED) is 0.714. The third-order valence-electron chi connectivity index (χ3n) is 3.00. The molecule has 0 fully saturated rings. The molecule has 2 rings (SSSR count). The van der Waals surface area contributed by atoms with Crippen LogP contribution in [0.3, 0.4) is 0 Å². The van der Waals surface area contributed by atoms with E-state index < -0.39 is 6.10 Å². The van der Waals surface area contributed by atoms with Crippen LogP contribution in [0.5, 0.6) is 5.75 Å². The average molecular weight is 250 g/mol.